The molecule has 0 aliphatic carbocycles. The Bertz CT molecular complexity index is 1670. The average molecular weight is 945 g/mol. The molecule has 66 heavy (non-hydrogen) atoms. The van der Waals surface area contributed by atoms with Gasteiger partial charge in [-0.2, -0.15) is 0 Å². The van der Waals surface area contributed by atoms with E-state index in [-0.39, 0.29) is 41.0 Å². The molecular formula is C44H64O22. The van der Waals surface area contributed by atoms with E-state index < -0.39 is 104 Å². The van der Waals surface area contributed by atoms with E-state index in [4.69, 9.17) is 52.5 Å². The zero-order valence-electron chi connectivity index (χ0n) is 39.6. The van der Waals surface area contributed by atoms with Crippen molar-refractivity contribution < 1.29 is 105 Å². The van der Waals surface area contributed by atoms with Crippen molar-refractivity contribution in [3.63, 3.8) is 0 Å². The molecule has 372 valence electrons. The number of hydrogen-bond acceptors (Lipinski definition) is 22. The highest BCUT2D eigenvalue weighted by Crippen LogP contribution is 2.16. The molecule has 0 spiro atoms. The number of hydrogen-bond donors (Lipinski definition) is 1. The summed E-state index contributed by atoms with van der Waals surface area (Å²) in [7, 11) is 0. The first-order valence-electron chi connectivity index (χ1n) is 20.1. The Morgan fingerprint density at radius 3 is 1.14 bits per heavy atom. The van der Waals surface area contributed by atoms with Crippen LogP contribution < -0.4 is 0 Å². The molecule has 1 N–H and O–H groups in total. The van der Waals surface area contributed by atoms with Crippen LogP contribution in [-0.4, -0.2) is 141 Å². The first-order chi connectivity index (χ1) is 30.5. The monoisotopic (exact) mass is 944 g/mol. The van der Waals surface area contributed by atoms with Gasteiger partial charge in [0.2, 0.25) is 19.4 Å². The average Bonchev–Trinajstić information content (AvgIpc) is 4.06. The molecule has 0 radical (unpaired) electrons. The van der Waals surface area contributed by atoms with Crippen LogP contribution in [0, 0.1) is 0 Å². The number of cyclic esters (lactones) is 2. The van der Waals surface area contributed by atoms with Gasteiger partial charge in [0.1, 0.15) is 12.7 Å². The molecule has 0 aromatic heterocycles. The predicted octanol–water partition coefficient (Wildman–Crippen LogP) is 3.11. The standard InChI is InChI=1S/C29H40O14.C7H10O3.C6H8O4.C2H6O/c1-14(2)22(30)38-20(11)28(42-24(32)16(5)6)40-18(9)26(34)36-13-37-27(35)19(10)41-29(43-25(33)17(7)8)21(12)39-23(31)15(3)4;1-5(2)7(8)10-4-6-3-9-6;1-3-5(7)10-4(2)6(8)9-3;1-2-3/h18-21,28-29H,1,3,5,7,13H2,2,4,6,8-12H3;6H,1,3-4H2,2H3;3-4H,1-2H3;3H,2H2,1H3. The quantitative estimate of drug-likeness (QED) is 0.0568. The summed E-state index contributed by atoms with van der Waals surface area (Å²) in [5.41, 5.74) is 0.621. The smallest absolute Gasteiger partial charge is 0.347 e. The van der Waals surface area contributed by atoms with Gasteiger partial charge in [0.25, 0.3) is 0 Å². The molecule has 0 amide bonds. The fourth-order valence-corrected chi connectivity index (χ4v) is 3.52. The van der Waals surface area contributed by atoms with Gasteiger partial charge in [-0.25, -0.2) is 43.2 Å². The number of carbonyl (C=O) groups is 9. The van der Waals surface area contributed by atoms with Crippen LogP contribution in [0.2, 0.25) is 0 Å². The van der Waals surface area contributed by atoms with Crippen LogP contribution in [0.1, 0.15) is 83.1 Å². The molecule has 0 bridgehead atoms. The summed E-state index contributed by atoms with van der Waals surface area (Å²) in [6.45, 7) is 34.8. The van der Waals surface area contributed by atoms with Crippen LogP contribution in [-0.2, 0) is 100.0 Å². The predicted molar refractivity (Wildman–Crippen MR) is 228 cm³/mol. The Morgan fingerprint density at radius 2 is 0.864 bits per heavy atom. The minimum absolute atomic E-state index is 0.0190. The second-order valence-electron chi connectivity index (χ2n) is 14.3. The van der Waals surface area contributed by atoms with E-state index in [9.17, 15) is 43.2 Å². The summed E-state index contributed by atoms with van der Waals surface area (Å²) in [4.78, 5) is 105. The molecule has 0 aromatic rings. The lowest BCUT2D eigenvalue weighted by Gasteiger charge is -2.27. The lowest BCUT2D eigenvalue weighted by Crippen LogP contribution is -2.41. The molecule has 22 nitrogen and oxygen atoms in total. The molecule has 22 heteroatoms. The summed E-state index contributed by atoms with van der Waals surface area (Å²) < 4.78 is 59.9. The van der Waals surface area contributed by atoms with E-state index in [2.05, 4.69) is 42.4 Å². The molecule has 9 atom stereocenters. The Morgan fingerprint density at radius 1 is 0.576 bits per heavy atom. The minimum Gasteiger partial charge on any atom is -0.459 e. The van der Waals surface area contributed by atoms with E-state index in [1.165, 1.54) is 69.2 Å². The van der Waals surface area contributed by atoms with Crippen LogP contribution in [0.25, 0.3) is 0 Å². The maximum atomic E-state index is 12.4. The number of aliphatic hydroxyl groups excluding tert-OH is 1. The zero-order valence-corrected chi connectivity index (χ0v) is 39.6. The lowest BCUT2D eigenvalue weighted by atomic mass is 10.3. The lowest BCUT2D eigenvalue weighted by molar-refractivity contribution is -0.228. The molecular weight excluding hydrogens is 880 g/mol. The van der Waals surface area contributed by atoms with Crippen molar-refractivity contribution >= 4 is 53.7 Å². The van der Waals surface area contributed by atoms with Gasteiger partial charge in [0.15, 0.2) is 36.6 Å². The number of ether oxygens (including phenoxy) is 12. The number of epoxide rings is 1. The van der Waals surface area contributed by atoms with E-state index in [0.29, 0.717) is 18.8 Å². The first-order valence-corrected chi connectivity index (χ1v) is 20.1. The summed E-state index contributed by atoms with van der Waals surface area (Å²) in [6, 6.07) is 0. The van der Waals surface area contributed by atoms with Crippen LogP contribution in [0.15, 0.2) is 60.8 Å². The van der Waals surface area contributed by atoms with Gasteiger partial charge < -0.3 is 61.9 Å². The zero-order chi connectivity index (χ0) is 51.6. The van der Waals surface area contributed by atoms with Crippen molar-refractivity contribution in [1.82, 2.24) is 0 Å². The normalized spacial score (nSPS) is 18.2. The molecule has 0 aromatic carbocycles. The molecule has 0 saturated carbocycles. The second kappa shape index (κ2) is 31.6. The molecule has 2 saturated heterocycles. The summed E-state index contributed by atoms with van der Waals surface area (Å²) in [5.74, 6) is -6.69. The van der Waals surface area contributed by atoms with Gasteiger partial charge in [0.05, 0.1) is 6.61 Å². The van der Waals surface area contributed by atoms with Crippen molar-refractivity contribution in [2.24, 2.45) is 0 Å². The third-order valence-electron chi connectivity index (χ3n) is 7.34. The van der Waals surface area contributed by atoms with Gasteiger partial charge in [-0.05, 0) is 83.1 Å². The second-order valence-corrected chi connectivity index (χ2v) is 14.3. The first kappa shape index (κ1) is 61.9. The topological polar surface area (TPSA) is 288 Å². The molecule has 2 fully saturated rings. The van der Waals surface area contributed by atoms with E-state index >= 15 is 0 Å². The third kappa shape index (κ3) is 26.5. The van der Waals surface area contributed by atoms with Crippen LogP contribution in [0.3, 0.4) is 0 Å². The minimum atomic E-state index is -1.54. The molecule has 2 aliphatic rings. The Labute approximate surface area is 384 Å². The third-order valence-corrected chi connectivity index (χ3v) is 7.34. The van der Waals surface area contributed by atoms with Crippen LogP contribution in [0.4, 0.5) is 0 Å². The highest BCUT2D eigenvalue weighted by atomic mass is 16.8. The summed E-state index contributed by atoms with van der Waals surface area (Å²) in [5, 5.41) is 7.57. The highest BCUT2D eigenvalue weighted by molar-refractivity contribution is 5.89. The van der Waals surface area contributed by atoms with E-state index in [1.54, 1.807) is 13.8 Å². The molecule has 2 heterocycles. The van der Waals surface area contributed by atoms with Crippen molar-refractivity contribution in [3.05, 3.63) is 60.8 Å². The van der Waals surface area contributed by atoms with Crippen molar-refractivity contribution in [2.45, 2.75) is 138 Å². The fraction of sp³-hybridized carbons (Fsp3) is 0.568. The summed E-state index contributed by atoms with van der Waals surface area (Å²) in [6.07, 6.45) is -9.54. The number of esters is 9. The van der Waals surface area contributed by atoms with Crippen molar-refractivity contribution in [3.8, 4) is 0 Å². The summed E-state index contributed by atoms with van der Waals surface area (Å²) >= 11 is 0. The van der Waals surface area contributed by atoms with Gasteiger partial charge in [-0.1, -0.05) is 32.9 Å². The number of rotatable bonds is 21. The van der Waals surface area contributed by atoms with Gasteiger partial charge in [-0.15, -0.1) is 0 Å². The maximum Gasteiger partial charge on any atom is 0.347 e. The Hall–Kier alpha value is -6.23. The highest BCUT2D eigenvalue weighted by Gasteiger charge is 2.34. The van der Waals surface area contributed by atoms with Crippen molar-refractivity contribution in [2.75, 3.05) is 26.6 Å². The van der Waals surface area contributed by atoms with Gasteiger partial charge in [-0.3, -0.25) is 0 Å². The Kier molecular flexibility index (Phi) is 29.6. The number of carbonyl (C=O) groups excluding carboxylic acids is 9. The molecule has 2 rings (SSSR count). The molecule has 2 aliphatic heterocycles. The fourth-order valence-electron chi connectivity index (χ4n) is 3.52. The van der Waals surface area contributed by atoms with Crippen LogP contribution >= 0.6 is 0 Å². The van der Waals surface area contributed by atoms with Gasteiger partial charge in [0, 0.05) is 34.5 Å². The number of aliphatic hydroxyl groups is 1. The molecule has 9 unspecified atom stereocenters. The maximum absolute atomic E-state index is 12.4. The SMILES string of the molecule is C=C(C)C(=O)OC(C)C(OC(=O)C(=C)C)OC(C)C(=O)OCOC(=O)C(C)OC(OC(=O)C(=C)C)C(C)OC(=O)C(=C)C.C=C(C)C(=O)OCC1CO1.CC1OC(=O)C(C)OC1=O.CCO. The van der Waals surface area contributed by atoms with Crippen molar-refractivity contribution in [1.29, 1.82) is 0 Å². The van der Waals surface area contributed by atoms with E-state index in [1.807, 2.05) is 0 Å². The largest absolute Gasteiger partial charge is 0.459 e. The van der Waals surface area contributed by atoms with Crippen LogP contribution in [0.5, 0.6) is 0 Å². The van der Waals surface area contributed by atoms with Gasteiger partial charge >= 0.3 is 53.7 Å². The van der Waals surface area contributed by atoms with E-state index in [0.717, 1.165) is 0 Å². The Balaban J connectivity index is 0.